The SMILES string of the molecule is CC(=Cc1ccccc1)CN1C[C@@H](C)N(CCO)[C@@H](C)C1. The van der Waals surface area contributed by atoms with Crippen molar-refractivity contribution >= 4 is 6.08 Å². The molecular weight excluding hydrogens is 260 g/mol. The zero-order valence-electron chi connectivity index (χ0n) is 13.5. The van der Waals surface area contributed by atoms with Crippen molar-refractivity contribution in [2.24, 2.45) is 0 Å². The molecule has 1 aliphatic rings. The lowest BCUT2D eigenvalue weighted by Crippen LogP contribution is -2.57. The van der Waals surface area contributed by atoms with Crippen LogP contribution in [0.5, 0.6) is 0 Å². The van der Waals surface area contributed by atoms with Crippen LogP contribution in [0.2, 0.25) is 0 Å². The van der Waals surface area contributed by atoms with Crippen molar-refractivity contribution in [1.29, 1.82) is 0 Å². The largest absolute Gasteiger partial charge is 0.395 e. The lowest BCUT2D eigenvalue weighted by Gasteiger charge is -2.44. The van der Waals surface area contributed by atoms with Gasteiger partial charge in [-0.25, -0.2) is 0 Å². The average Bonchev–Trinajstić information content (AvgIpc) is 2.44. The topological polar surface area (TPSA) is 26.7 Å². The second-order valence-corrected chi connectivity index (χ2v) is 6.25. The Labute approximate surface area is 128 Å². The summed E-state index contributed by atoms with van der Waals surface area (Å²) in [5.41, 5.74) is 2.67. The molecule has 0 saturated carbocycles. The number of aliphatic hydroxyl groups is 1. The van der Waals surface area contributed by atoms with Crippen LogP contribution in [0.4, 0.5) is 0 Å². The first-order chi connectivity index (χ1) is 10.1. The summed E-state index contributed by atoms with van der Waals surface area (Å²) in [6, 6.07) is 11.5. The number of nitrogens with zero attached hydrogens (tertiary/aromatic N) is 2. The van der Waals surface area contributed by atoms with Gasteiger partial charge in [-0.1, -0.05) is 42.0 Å². The van der Waals surface area contributed by atoms with E-state index in [1.807, 2.05) is 0 Å². The highest BCUT2D eigenvalue weighted by Gasteiger charge is 2.28. The van der Waals surface area contributed by atoms with Crippen LogP contribution in [-0.4, -0.2) is 59.8 Å². The minimum atomic E-state index is 0.252. The van der Waals surface area contributed by atoms with E-state index in [9.17, 15) is 0 Å². The molecule has 0 spiro atoms. The highest BCUT2D eigenvalue weighted by Crippen LogP contribution is 2.17. The number of β-amino-alcohol motifs (C(OH)–C–C–N with tert-alkyl or cyclic N) is 1. The molecular formula is C18H28N2O. The molecule has 3 heteroatoms. The monoisotopic (exact) mass is 288 g/mol. The van der Waals surface area contributed by atoms with Crippen molar-refractivity contribution in [3.05, 3.63) is 41.5 Å². The average molecular weight is 288 g/mol. The van der Waals surface area contributed by atoms with Gasteiger partial charge >= 0.3 is 0 Å². The minimum Gasteiger partial charge on any atom is -0.395 e. The van der Waals surface area contributed by atoms with E-state index in [1.165, 1.54) is 11.1 Å². The normalized spacial score (nSPS) is 25.2. The van der Waals surface area contributed by atoms with Crippen molar-refractivity contribution < 1.29 is 5.11 Å². The number of benzene rings is 1. The van der Waals surface area contributed by atoms with E-state index < -0.39 is 0 Å². The number of rotatable bonds is 5. The summed E-state index contributed by atoms with van der Waals surface area (Å²) in [5.74, 6) is 0. The third-order valence-corrected chi connectivity index (χ3v) is 4.22. The summed E-state index contributed by atoms with van der Waals surface area (Å²) in [7, 11) is 0. The zero-order chi connectivity index (χ0) is 15.2. The van der Waals surface area contributed by atoms with Crippen molar-refractivity contribution in [3.63, 3.8) is 0 Å². The quantitative estimate of drug-likeness (QED) is 0.902. The van der Waals surface area contributed by atoms with Crippen molar-refractivity contribution in [3.8, 4) is 0 Å². The summed E-state index contributed by atoms with van der Waals surface area (Å²) in [6.45, 7) is 10.9. The molecule has 0 bridgehead atoms. The predicted molar refractivity (Wildman–Crippen MR) is 89.2 cm³/mol. The Morgan fingerprint density at radius 1 is 1.19 bits per heavy atom. The molecule has 0 aliphatic carbocycles. The fourth-order valence-corrected chi connectivity index (χ4v) is 3.38. The first kappa shape index (κ1) is 16.2. The summed E-state index contributed by atoms with van der Waals surface area (Å²) in [5, 5.41) is 9.17. The van der Waals surface area contributed by atoms with E-state index >= 15 is 0 Å². The highest BCUT2D eigenvalue weighted by atomic mass is 16.3. The third-order valence-electron chi connectivity index (χ3n) is 4.22. The highest BCUT2D eigenvalue weighted by molar-refractivity contribution is 5.52. The van der Waals surface area contributed by atoms with Crippen LogP contribution >= 0.6 is 0 Å². The molecule has 1 heterocycles. The Hall–Kier alpha value is -1.16. The Bertz CT molecular complexity index is 446. The molecule has 1 aromatic rings. The van der Waals surface area contributed by atoms with E-state index in [1.54, 1.807) is 0 Å². The maximum absolute atomic E-state index is 9.17. The lowest BCUT2D eigenvalue weighted by molar-refractivity contribution is 0.0315. The molecule has 0 unspecified atom stereocenters. The van der Waals surface area contributed by atoms with Gasteiger partial charge in [0.05, 0.1) is 6.61 Å². The van der Waals surface area contributed by atoms with E-state index in [2.05, 4.69) is 67.0 Å². The van der Waals surface area contributed by atoms with Gasteiger partial charge in [0.2, 0.25) is 0 Å². The standard InChI is InChI=1S/C18H28N2O/c1-15(11-18-7-5-4-6-8-18)12-19-13-16(2)20(9-10-21)17(3)14-19/h4-8,11,16-17,21H,9-10,12-14H2,1-3H3/t16-,17+. The van der Waals surface area contributed by atoms with E-state index in [0.717, 1.165) is 26.2 Å². The first-order valence-electron chi connectivity index (χ1n) is 7.91. The first-order valence-corrected chi connectivity index (χ1v) is 7.91. The van der Waals surface area contributed by atoms with Gasteiger partial charge in [-0.15, -0.1) is 0 Å². The van der Waals surface area contributed by atoms with Crippen LogP contribution in [0.15, 0.2) is 35.9 Å². The Morgan fingerprint density at radius 3 is 2.38 bits per heavy atom. The lowest BCUT2D eigenvalue weighted by atomic mass is 10.1. The Kier molecular flexibility index (Phi) is 5.97. The smallest absolute Gasteiger partial charge is 0.0558 e. The van der Waals surface area contributed by atoms with Gasteiger partial charge in [0.15, 0.2) is 0 Å². The minimum absolute atomic E-state index is 0.252. The summed E-state index contributed by atoms with van der Waals surface area (Å²) in [6.07, 6.45) is 2.27. The number of hydrogen-bond acceptors (Lipinski definition) is 3. The molecule has 1 aliphatic heterocycles. The van der Waals surface area contributed by atoms with Gasteiger partial charge in [-0.2, -0.15) is 0 Å². The molecule has 0 radical (unpaired) electrons. The summed E-state index contributed by atoms with van der Waals surface area (Å²) >= 11 is 0. The van der Waals surface area contributed by atoms with Gasteiger partial charge in [0.25, 0.3) is 0 Å². The molecule has 1 saturated heterocycles. The van der Waals surface area contributed by atoms with Crippen LogP contribution in [0.3, 0.4) is 0 Å². The molecule has 0 aromatic heterocycles. The van der Waals surface area contributed by atoms with Crippen LogP contribution in [-0.2, 0) is 0 Å². The van der Waals surface area contributed by atoms with Crippen LogP contribution in [0.25, 0.3) is 6.08 Å². The van der Waals surface area contributed by atoms with Crippen LogP contribution < -0.4 is 0 Å². The van der Waals surface area contributed by atoms with Gasteiger partial charge in [0.1, 0.15) is 0 Å². The van der Waals surface area contributed by atoms with Gasteiger partial charge in [0, 0.05) is 38.3 Å². The summed E-state index contributed by atoms with van der Waals surface area (Å²) in [4.78, 5) is 4.94. The molecule has 116 valence electrons. The molecule has 2 rings (SSSR count). The number of piperazine rings is 1. The Balaban J connectivity index is 1.93. The van der Waals surface area contributed by atoms with E-state index in [0.29, 0.717) is 12.1 Å². The molecule has 2 atom stereocenters. The van der Waals surface area contributed by atoms with Gasteiger partial charge < -0.3 is 5.11 Å². The Morgan fingerprint density at radius 2 is 1.81 bits per heavy atom. The molecule has 1 fully saturated rings. The third kappa shape index (κ3) is 4.67. The molecule has 0 amide bonds. The fraction of sp³-hybridized carbons (Fsp3) is 0.556. The molecule has 1 N–H and O–H groups in total. The van der Waals surface area contributed by atoms with E-state index in [-0.39, 0.29) is 6.61 Å². The van der Waals surface area contributed by atoms with Crippen molar-refractivity contribution in [1.82, 2.24) is 9.80 Å². The zero-order valence-corrected chi connectivity index (χ0v) is 13.5. The van der Waals surface area contributed by atoms with Crippen molar-refractivity contribution in [2.45, 2.75) is 32.9 Å². The summed E-state index contributed by atoms with van der Waals surface area (Å²) < 4.78 is 0. The maximum Gasteiger partial charge on any atom is 0.0558 e. The predicted octanol–water partition coefficient (Wildman–Crippen LogP) is 2.48. The second-order valence-electron chi connectivity index (χ2n) is 6.25. The molecule has 21 heavy (non-hydrogen) atoms. The van der Waals surface area contributed by atoms with Gasteiger partial charge in [-0.3, -0.25) is 9.80 Å². The van der Waals surface area contributed by atoms with Crippen LogP contribution in [0, 0.1) is 0 Å². The van der Waals surface area contributed by atoms with Gasteiger partial charge in [-0.05, 0) is 26.3 Å². The van der Waals surface area contributed by atoms with Crippen LogP contribution in [0.1, 0.15) is 26.3 Å². The van der Waals surface area contributed by atoms with Crippen molar-refractivity contribution in [2.75, 3.05) is 32.8 Å². The van der Waals surface area contributed by atoms with E-state index in [4.69, 9.17) is 5.11 Å². The second kappa shape index (κ2) is 7.74. The molecule has 3 nitrogen and oxygen atoms in total. The molecule has 1 aromatic carbocycles. The fourth-order valence-electron chi connectivity index (χ4n) is 3.38. The maximum atomic E-state index is 9.17. The number of hydrogen-bond donors (Lipinski definition) is 1. The number of aliphatic hydroxyl groups excluding tert-OH is 1.